The van der Waals surface area contributed by atoms with Crippen molar-refractivity contribution in [1.82, 2.24) is 9.88 Å². The zero-order valence-corrected chi connectivity index (χ0v) is 21.7. The summed E-state index contributed by atoms with van der Waals surface area (Å²) in [6.45, 7) is 3.26. The van der Waals surface area contributed by atoms with Gasteiger partial charge in [0.1, 0.15) is 0 Å². The number of amides is 1. The number of fused-ring (bicyclic) bond motifs is 1. The zero-order valence-electron chi connectivity index (χ0n) is 20.2. The fourth-order valence-electron chi connectivity index (χ4n) is 5.43. The van der Waals surface area contributed by atoms with Crippen LogP contribution in [0.3, 0.4) is 0 Å². The molecule has 8 heteroatoms. The lowest BCUT2D eigenvalue weighted by molar-refractivity contribution is -0.0868. The molecule has 0 aliphatic carbocycles. The monoisotopic (exact) mass is 526 g/mol. The Hall–Kier alpha value is -2.48. The number of benzene rings is 2. The van der Waals surface area contributed by atoms with Gasteiger partial charge in [0.15, 0.2) is 5.72 Å². The molecular formula is C28H28Cl2N2O4. The van der Waals surface area contributed by atoms with Crippen LogP contribution in [0.2, 0.25) is 10.0 Å². The van der Waals surface area contributed by atoms with Gasteiger partial charge in [0, 0.05) is 48.2 Å². The van der Waals surface area contributed by atoms with E-state index in [9.17, 15) is 9.90 Å². The Morgan fingerprint density at radius 3 is 2.44 bits per heavy atom. The SMILES string of the molecule is CO[C@]1(c2ccc(Cl)cc2)c2ccc(C(C)(O)C3CCOCC3)cc2C(=O)N1Cc1ccc(Cl)cn1. The average Bonchev–Trinajstić information content (AvgIpc) is 3.14. The van der Waals surface area contributed by atoms with Gasteiger partial charge in [0.2, 0.25) is 0 Å². The third kappa shape index (κ3) is 4.21. The first-order valence-corrected chi connectivity index (χ1v) is 12.7. The third-order valence-corrected chi connectivity index (χ3v) is 7.96. The van der Waals surface area contributed by atoms with Crippen LogP contribution in [0.4, 0.5) is 0 Å². The maximum absolute atomic E-state index is 14.0. The first kappa shape index (κ1) is 25.2. The van der Waals surface area contributed by atoms with Crippen molar-refractivity contribution in [3.8, 4) is 0 Å². The van der Waals surface area contributed by atoms with E-state index in [0.717, 1.165) is 18.4 Å². The number of hydrogen-bond acceptors (Lipinski definition) is 5. The minimum absolute atomic E-state index is 0.0404. The molecule has 0 spiro atoms. The quantitative estimate of drug-likeness (QED) is 0.457. The lowest BCUT2D eigenvalue weighted by Gasteiger charge is -2.38. The second-order valence-electron chi connectivity index (χ2n) is 9.51. The van der Waals surface area contributed by atoms with E-state index in [0.29, 0.717) is 45.6 Å². The van der Waals surface area contributed by atoms with Gasteiger partial charge in [0.25, 0.3) is 5.91 Å². The van der Waals surface area contributed by atoms with Crippen LogP contribution in [0, 0.1) is 5.92 Å². The highest BCUT2D eigenvalue weighted by atomic mass is 35.5. The standard InChI is InChI=1S/C28H28Cl2N2O4/c1-27(34,18-11-13-36-14-12-18)20-5-10-25-24(15-20)26(33)32(17-23-9-8-22(30)16-31-23)28(25,35-2)19-3-6-21(29)7-4-19/h3-10,15-16,18,34H,11-14,17H2,1-2H3/t27?,28-/m1/s1. The minimum Gasteiger partial charge on any atom is -0.385 e. The first-order chi connectivity index (χ1) is 17.3. The largest absolute Gasteiger partial charge is 0.385 e. The number of pyridine rings is 1. The van der Waals surface area contributed by atoms with E-state index in [1.165, 1.54) is 0 Å². The van der Waals surface area contributed by atoms with Crippen LogP contribution >= 0.6 is 23.2 Å². The molecule has 2 aromatic carbocycles. The second kappa shape index (κ2) is 9.77. The molecule has 1 amide bonds. The summed E-state index contributed by atoms with van der Waals surface area (Å²) in [5, 5.41) is 12.6. The zero-order chi connectivity index (χ0) is 25.5. The molecule has 2 atom stereocenters. The maximum Gasteiger partial charge on any atom is 0.257 e. The molecule has 0 saturated carbocycles. The van der Waals surface area contributed by atoms with Gasteiger partial charge in [-0.05, 0) is 61.6 Å². The number of halogens is 2. The molecule has 3 aromatic rings. The van der Waals surface area contributed by atoms with E-state index >= 15 is 0 Å². The number of ether oxygens (including phenoxy) is 2. The number of nitrogens with zero attached hydrogens (tertiary/aromatic N) is 2. The molecule has 0 bridgehead atoms. The van der Waals surface area contributed by atoms with E-state index in [2.05, 4.69) is 4.98 Å². The van der Waals surface area contributed by atoms with Gasteiger partial charge in [-0.2, -0.15) is 0 Å². The van der Waals surface area contributed by atoms with E-state index in [1.807, 2.05) is 37.3 Å². The summed E-state index contributed by atoms with van der Waals surface area (Å²) in [5.41, 5.74) is 1.05. The van der Waals surface area contributed by atoms with Gasteiger partial charge in [-0.25, -0.2) is 0 Å². The second-order valence-corrected chi connectivity index (χ2v) is 10.4. The Balaban J connectivity index is 1.63. The molecule has 2 aliphatic rings. The first-order valence-electron chi connectivity index (χ1n) is 12.0. The van der Waals surface area contributed by atoms with Crippen molar-refractivity contribution in [3.05, 3.63) is 98.8 Å². The van der Waals surface area contributed by atoms with E-state index in [1.54, 1.807) is 42.5 Å². The van der Waals surface area contributed by atoms with Gasteiger partial charge in [0.05, 0.1) is 22.9 Å². The predicted molar refractivity (Wildman–Crippen MR) is 138 cm³/mol. The highest BCUT2D eigenvalue weighted by molar-refractivity contribution is 6.30. The van der Waals surface area contributed by atoms with Gasteiger partial charge in [-0.15, -0.1) is 0 Å². The smallest absolute Gasteiger partial charge is 0.257 e. The van der Waals surface area contributed by atoms with Crippen molar-refractivity contribution < 1.29 is 19.4 Å². The molecule has 188 valence electrons. The summed E-state index contributed by atoms with van der Waals surface area (Å²) in [5.74, 6) is -0.165. The maximum atomic E-state index is 14.0. The third-order valence-electron chi connectivity index (χ3n) is 7.48. The van der Waals surface area contributed by atoms with Crippen LogP contribution in [-0.4, -0.2) is 41.2 Å². The number of aromatic nitrogens is 1. The minimum atomic E-state index is -1.19. The van der Waals surface area contributed by atoms with Crippen molar-refractivity contribution in [1.29, 1.82) is 0 Å². The summed E-state index contributed by atoms with van der Waals surface area (Å²) in [4.78, 5) is 20.1. The van der Waals surface area contributed by atoms with Gasteiger partial charge in [-0.3, -0.25) is 14.7 Å². The average molecular weight is 527 g/mol. The van der Waals surface area contributed by atoms with Gasteiger partial charge < -0.3 is 14.6 Å². The van der Waals surface area contributed by atoms with Crippen LogP contribution in [0.5, 0.6) is 0 Å². The van der Waals surface area contributed by atoms with Crippen LogP contribution in [0.1, 0.15) is 52.5 Å². The predicted octanol–water partition coefficient (Wildman–Crippen LogP) is 5.53. The summed E-state index contributed by atoms with van der Waals surface area (Å²) in [6.07, 6.45) is 3.09. The molecule has 1 N–H and O–H groups in total. The molecule has 3 heterocycles. The molecule has 36 heavy (non-hydrogen) atoms. The molecule has 6 nitrogen and oxygen atoms in total. The van der Waals surface area contributed by atoms with Crippen molar-refractivity contribution in [2.24, 2.45) is 5.92 Å². The molecule has 1 fully saturated rings. The number of methoxy groups -OCH3 is 1. The van der Waals surface area contributed by atoms with Crippen LogP contribution in [-0.2, 0) is 27.3 Å². The Kier molecular flexibility index (Phi) is 6.83. The summed E-state index contributed by atoms with van der Waals surface area (Å²) < 4.78 is 11.7. The molecule has 2 aliphatic heterocycles. The Morgan fingerprint density at radius 1 is 1.11 bits per heavy atom. The summed E-state index contributed by atoms with van der Waals surface area (Å²) in [7, 11) is 1.59. The fourth-order valence-corrected chi connectivity index (χ4v) is 5.67. The Morgan fingerprint density at radius 2 is 1.81 bits per heavy atom. The highest BCUT2D eigenvalue weighted by Crippen LogP contribution is 2.47. The highest BCUT2D eigenvalue weighted by Gasteiger charge is 2.52. The van der Waals surface area contributed by atoms with Crippen molar-refractivity contribution in [2.45, 2.75) is 37.6 Å². The lowest BCUT2D eigenvalue weighted by Crippen LogP contribution is -2.45. The molecule has 5 rings (SSSR count). The Labute approximate surface area is 220 Å². The molecule has 1 saturated heterocycles. The molecule has 0 radical (unpaired) electrons. The number of carbonyl (C=O) groups is 1. The number of rotatable bonds is 6. The van der Waals surface area contributed by atoms with Crippen molar-refractivity contribution in [3.63, 3.8) is 0 Å². The van der Waals surface area contributed by atoms with Gasteiger partial charge >= 0.3 is 0 Å². The molecular weight excluding hydrogens is 499 g/mol. The van der Waals surface area contributed by atoms with Crippen LogP contribution < -0.4 is 0 Å². The topological polar surface area (TPSA) is 71.9 Å². The molecule has 1 unspecified atom stereocenters. The Bertz CT molecular complexity index is 1260. The summed E-state index contributed by atoms with van der Waals surface area (Å²) in [6, 6.07) is 16.4. The molecule has 1 aromatic heterocycles. The van der Waals surface area contributed by atoms with Crippen molar-refractivity contribution >= 4 is 29.1 Å². The number of aliphatic hydroxyl groups is 1. The van der Waals surface area contributed by atoms with E-state index in [4.69, 9.17) is 32.7 Å². The number of carbonyl (C=O) groups excluding carboxylic acids is 1. The normalized spacial score (nSPS) is 21.9. The number of hydrogen-bond donors (Lipinski definition) is 1. The van der Waals surface area contributed by atoms with E-state index in [-0.39, 0.29) is 18.4 Å². The fraction of sp³-hybridized carbons (Fsp3) is 0.357. The van der Waals surface area contributed by atoms with Crippen LogP contribution in [0.15, 0.2) is 60.8 Å². The summed E-state index contributed by atoms with van der Waals surface area (Å²) >= 11 is 12.2. The lowest BCUT2D eigenvalue weighted by atomic mass is 9.77. The van der Waals surface area contributed by atoms with E-state index < -0.39 is 11.3 Å². The van der Waals surface area contributed by atoms with Gasteiger partial charge in [-0.1, -0.05) is 47.5 Å². The van der Waals surface area contributed by atoms with Crippen molar-refractivity contribution in [2.75, 3.05) is 20.3 Å². The van der Waals surface area contributed by atoms with Crippen LogP contribution in [0.25, 0.3) is 0 Å².